The number of halogens is 1. The predicted octanol–water partition coefficient (Wildman–Crippen LogP) is 4.94. The number of nitrogens with one attached hydrogen (secondary N) is 3. The van der Waals surface area contributed by atoms with Crippen LogP contribution in [0, 0.1) is 6.92 Å². The van der Waals surface area contributed by atoms with Gasteiger partial charge in [0.2, 0.25) is 0 Å². The lowest BCUT2D eigenvalue weighted by Gasteiger charge is -2.10. The molecule has 0 bridgehead atoms. The summed E-state index contributed by atoms with van der Waals surface area (Å²) in [5, 5.41) is 5.82. The number of nitrogens with zero attached hydrogens (tertiary/aromatic N) is 2. The van der Waals surface area contributed by atoms with E-state index < -0.39 is 5.91 Å². The van der Waals surface area contributed by atoms with Gasteiger partial charge in [0.15, 0.2) is 5.82 Å². The smallest absolute Gasteiger partial charge is 0.257 e. The van der Waals surface area contributed by atoms with Gasteiger partial charge in [0.05, 0.1) is 22.5 Å². The SMILES string of the molecule is Cc1ccc(C(=O)Nc2ccc(Cl)c(C(=O)Nc3ccc(-c4ncc[nH]4)nc3)c2)cc1. The molecule has 0 unspecified atom stereocenters. The standard InChI is InChI=1S/C23H18ClN5O2/c1-14-2-4-15(5-3-14)22(30)28-16-6-8-19(24)18(12-16)23(31)29-17-7-9-20(27-13-17)21-25-10-11-26-21/h2-13H,1H3,(H,25,26)(H,28,30)(H,29,31). The van der Waals surface area contributed by atoms with Crippen molar-refractivity contribution in [3.8, 4) is 11.5 Å². The van der Waals surface area contributed by atoms with Gasteiger partial charge < -0.3 is 15.6 Å². The number of imidazole rings is 1. The quantitative estimate of drug-likeness (QED) is 0.416. The number of hydrogen-bond acceptors (Lipinski definition) is 4. The van der Waals surface area contributed by atoms with Crippen LogP contribution in [0.15, 0.2) is 73.2 Å². The van der Waals surface area contributed by atoms with Crippen molar-refractivity contribution >= 4 is 34.8 Å². The zero-order chi connectivity index (χ0) is 21.8. The van der Waals surface area contributed by atoms with Crippen molar-refractivity contribution in [2.45, 2.75) is 6.92 Å². The fourth-order valence-electron chi connectivity index (χ4n) is 2.90. The number of carbonyl (C=O) groups excluding carboxylic acids is 2. The van der Waals surface area contributed by atoms with Crippen molar-refractivity contribution in [1.82, 2.24) is 15.0 Å². The Morgan fingerprint density at radius 3 is 2.32 bits per heavy atom. The Morgan fingerprint density at radius 2 is 1.65 bits per heavy atom. The Bertz CT molecular complexity index is 1220. The second-order valence-electron chi connectivity index (χ2n) is 6.84. The van der Waals surface area contributed by atoms with E-state index in [9.17, 15) is 9.59 Å². The van der Waals surface area contributed by atoms with E-state index in [1.54, 1.807) is 48.8 Å². The van der Waals surface area contributed by atoms with Crippen LogP contribution in [0.4, 0.5) is 11.4 Å². The fourth-order valence-corrected chi connectivity index (χ4v) is 3.10. The van der Waals surface area contributed by atoms with Gasteiger partial charge in [-0.15, -0.1) is 0 Å². The average molecular weight is 432 g/mol. The molecule has 0 aliphatic carbocycles. The Kier molecular flexibility index (Phi) is 5.77. The summed E-state index contributed by atoms with van der Waals surface area (Å²) in [7, 11) is 0. The highest BCUT2D eigenvalue weighted by molar-refractivity contribution is 6.34. The minimum atomic E-state index is -0.413. The molecule has 4 aromatic rings. The van der Waals surface area contributed by atoms with Gasteiger partial charge in [0, 0.05) is 23.6 Å². The largest absolute Gasteiger partial charge is 0.343 e. The molecule has 31 heavy (non-hydrogen) atoms. The van der Waals surface area contributed by atoms with E-state index in [0.29, 0.717) is 28.5 Å². The van der Waals surface area contributed by atoms with E-state index in [4.69, 9.17) is 11.6 Å². The maximum atomic E-state index is 12.7. The number of carbonyl (C=O) groups is 2. The molecular formula is C23H18ClN5O2. The number of rotatable bonds is 5. The first kappa shape index (κ1) is 20.3. The minimum absolute atomic E-state index is 0.235. The zero-order valence-corrected chi connectivity index (χ0v) is 17.3. The Morgan fingerprint density at radius 1 is 0.903 bits per heavy atom. The molecule has 0 aliphatic heterocycles. The number of hydrogen-bond donors (Lipinski definition) is 3. The lowest BCUT2D eigenvalue weighted by Crippen LogP contribution is -2.15. The van der Waals surface area contributed by atoms with Crippen LogP contribution >= 0.6 is 11.6 Å². The summed E-state index contributed by atoms with van der Waals surface area (Å²) in [5.74, 6) is -0.0479. The normalized spacial score (nSPS) is 10.5. The second kappa shape index (κ2) is 8.81. The highest BCUT2D eigenvalue weighted by Gasteiger charge is 2.14. The molecule has 0 spiro atoms. The molecule has 0 saturated heterocycles. The fraction of sp³-hybridized carbons (Fsp3) is 0.0435. The molecule has 0 aliphatic rings. The maximum absolute atomic E-state index is 12.7. The van der Waals surface area contributed by atoms with Gasteiger partial charge in [-0.25, -0.2) is 4.98 Å². The number of aryl methyl sites for hydroxylation is 1. The lowest BCUT2D eigenvalue weighted by molar-refractivity contribution is 0.101. The second-order valence-corrected chi connectivity index (χ2v) is 7.25. The van der Waals surface area contributed by atoms with Crippen molar-refractivity contribution in [1.29, 1.82) is 0 Å². The highest BCUT2D eigenvalue weighted by atomic mass is 35.5. The molecule has 7 nitrogen and oxygen atoms in total. The van der Waals surface area contributed by atoms with Crippen molar-refractivity contribution < 1.29 is 9.59 Å². The van der Waals surface area contributed by atoms with Crippen molar-refractivity contribution in [3.05, 3.63) is 94.9 Å². The molecule has 2 heterocycles. The van der Waals surface area contributed by atoms with Gasteiger partial charge >= 0.3 is 0 Å². The Hall–Kier alpha value is -3.97. The molecule has 0 fully saturated rings. The van der Waals surface area contributed by atoms with Crippen LogP contribution in [-0.2, 0) is 0 Å². The van der Waals surface area contributed by atoms with E-state index in [0.717, 1.165) is 5.56 Å². The number of pyridine rings is 1. The molecule has 0 atom stereocenters. The molecule has 4 rings (SSSR count). The summed E-state index contributed by atoms with van der Waals surface area (Å²) in [6, 6.07) is 15.4. The number of H-pyrrole nitrogens is 1. The summed E-state index contributed by atoms with van der Waals surface area (Å²) in [5.41, 5.74) is 3.44. The first-order valence-electron chi connectivity index (χ1n) is 9.44. The lowest BCUT2D eigenvalue weighted by atomic mass is 10.1. The number of aromatic amines is 1. The molecule has 8 heteroatoms. The Balaban J connectivity index is 1.48. The summed E-state index contributed by atoms with van der Waals surface area (Å²) in [4.78, 5) is 36.6. The summed E-state index contributed by atoms with van der Waals surface area (Å²) in [6.07, 6.45) is 4.88. The van der Waals surface area contributed by atoms with Crippen LogP contribution in [0.25, 0.3) is 11.5 Å². The molecule has 2 aromatic carbocycles. The molecule has 0 radical (unpaired) electrons. The number of amides is 2. The van der Waals surface area contributed by atoms with Gasteiger partial charge in [0.25, 0.3) is 11.8 Å². The maximum Gasteiger partial charge on any atom is 0.257 e. The zero-order valence-electron chi connectivity index (χ0n) is 16.5. The molecule has 2 amide bonds. The number of aromatic nitrogens is 3. The number of benzene rings is 2. The van der Waals surface area contributed by atoms with Crippen molar-refractivity contribution in [2.24, 2.45) is 0 Å². The Labute approximate surface area is 183 Å². The molecular weight excluding hydrogens is 414 g/mol. The topological polar surface area (TPSA) is 99.8 Å². The van der Waals surface area contributed by atoms with E-state index in [1.807, 2.05) is 19.1 Å². The third-order valence-electron chi connectivity index (χ3n) is 4.54. The van der Waals surface area contributed by atoms with Gasteiger partial charge in [-0.2, -0.15) is 0 Å². The molecule has 3 N–H and O–H groups in total. The summed E-state index contributed by atoms with van der Waals surface area (Å²) in [6.45, 7) is 1.95. The average Bonchev–Trinajstić information content (AvgIpc) is 3.31. The van der Waals surface area contributed by atoms with Gasteiger partial charge in [-0.1, -0.05) is 29.3 Å². The van der Waals surface area contributed by atoms with Crippen LogP contribution in [0.3, 0.4) is 0 Å². The monoisotopic (exact) mass is 431 g/mol. The third kappa shape index (κ3) is 4.79. The van der Waals surface area contributed by atoms with E-state index in [2.05, 4.69) is 25.6 Å². The van der Waals surface area contributed by atoms with E-state index in [1.165, 1.54) is 12.3 Å². The third-order valence-corrected chi connectivity index (χ3v) is 4.87. The van der Waals surface area contributed by atoms with E-state index >= 15 is 0 Å². The minimum Gasteiger partial charge on any atom is -0.343 e. The van der Waals surface area contributed by atoms with Crippen molar-refractivity contribution in [2.75, 3.05) is 10.6 Å². The van der Waals surface area contributed by atoms with Crippen LogP contribution < -0.4 is 10.6 Å². The summed E-state index contributed by atoms with van der Waals surface area (Å²) < 4.78 is 0. The van der Waals surface area contributed by atoms with Crippen molar-refractivity contribution in [3.63, 3.8) is 0 Å². The predicted molar refractivity (Wildman–Crippen MR) is 120 cm³/mol. The number of anilines is 2. The van der Waals surface area contributed by atoms with Gasteiger partial charge in [-0.3, -0.25) is 14.6 Å². The molecule has 154 valence electrons. The highest BCUT2D eigenvalue weighted by Crippen LogP contribution is 2.23. The first-order chi connectivity index (χ1) is 15.0. The summed E-state index contributed by atoms with van der Waals surface area (Å²) >= 11 is 6.22. The molecule has 0 saturated carbocycles. The van der Waals surface area contributed by atoms with E-state index in [-0.39, 0.29) is 16.5 Å². The van der Waals surface area contributed by atoms with Crippen LogP contribution in [0.5, 0.6) is 0 Å². The van der Waals surface area contributed by atoms with Crippen LogP contribution in [0.1, 0.15) is 26.3 Å². The first-order valence-corrected chi connectivity index (χ1v) is 9.82. The van der Waals surface area contributed by atoms with Gasteiger partial charge in [0.1, 0.15) is 5.69 Å². The van der Waals surface area contributed by atoms with Gasteiger partial charge in [-0.05, 0) is 49.4 Å². The molecule has 2 aromatic heterocycles. The van der Waals surface area contributed by atoms with Crippen LogP contribution in [0.2, 0.25) is 5.02 Å². The van der Waals surface area contributed by atoms with Crippen LogP contribution in [-0.4, -0.2) is 26.8 Å².